The molecule has 0 aliphatic carbocycles. The van der Waals surface area contributed by atoms with Gasteiger partial charge in [0.2, 0.25) is 0 Å². The Hall–Kier alpha value is -2.80. The van der Waals surface area contributed by atoms with Crippen LogP contribution < -0.4 is 4.74 Å². The van der Waals surface area contributed by atoms with Gasteiger partial charge in [0.15, 0.2) is 11.6 Å². The molecule has 4 nitrogen and oxygen atoms in total. The number of carboxylic acid groups (broad SMARTS) is 1. The van der Waals surface area contributed by atoms with Crippen molar-refractivity contribution < 1.29 is 23.4 Å². The Morgan fingerprint density at radius 1 is 1.14 bits per heavy atom. The lowest BCUT2D eigenvalue weighted by atomic mass is 10.1. The summed E-state index contributed by atoms with van der Waals surface area (Å²) >= 11 is 1.16. The first-order chi connectivity index (χ1) is 13.4. The number of hydrogen-bond donors (Lipinski definition) is 1. The van der Waals surface area contributed by atoms with Crippen molar-refractivity contribution in [3.05, 3.63) is 58.5 Å². The summed E-state index contributed by atoms with van der Waals surface area (Å²) in [6.45, 7) is 4.00. The van der Waals surface area contributed by atoms with Gasteiger partial charge in [0, 0.05) is 16.0 Å². The first-order valence-electron chi connectivity index (χ1n) is 8.79. The van der Waals surface area contributed by atoms with E-state index in [-0.39, 0.29) is 12.2 Å². The number of aromatic nitrogens is 1. The maximum Gasteiger partial charge on any atom is 0.308 e. The standard InChI is InChI=1S/C21H19F2NO3S/c1-3-8-27-17-7-6-14(10-16(17)23)21-24-20(18(28-21)11-19(25)26)13-5-4-12(2)15(22)9-13/h4-7,9-10H,3,8,11H2,1-2H3,(H,25,26). The SMILES string of the molecule is CCCOc1ccc(-c2nc(-c3ccc(C)c(F)c3)c(CC(=O)O)s2)cc1F. The van der Waals surface area contributed by atoms with Crippen molar-refractivity contribution in [3.8, 4) is 27.6 Å². The zero-order valence-corrected chi connectivity index (χ0v) is 16.3. The second kappa shape index (κ2) is 8.48. The number of thiazole rings is 1. The van der Waals surface area contributed by atoms with E-state index in [0.29, 0.717) is 38.9 Å². The number of hydrogen-bond acceptors (Lipinski definition) is 4. The number of aryl methyl sites for hydroxylation is 1. The second-order valence-electron chi connectivity index (χ2n) is 6.32. The Kier molecular flexibility index (Phi) is 6.04. The number of halogens is 2. The van der Waals surface area contributed by atoms with E-state index in [1.165, 1.54) is 18.2 Å². The maximum absolute atomic E-state index is 14.3. The Morgan fingerprint density at radius 3 is 2.50 bits per heavy atom. The summed E-state index contributed by atoms with van der Waals surface area (Å²) in [7, 11) is 0. The smallest absolute Gasteiger partial charge is 0.308 e. The molecule has 0 amide bonds. The summed E-state index contributed by atoms with van der Waals surface area (Å²) in [6.07, 6.45) is 0.519. The predicted octanol–water partition coefficient (Wildman–Crippen LogP) is 5.48. The van der Waals surface area contributed by atoms with Crippen LogP contribution in [0.15, 0.2) is 36.4 Å². The maximum atomic E-state index is 14.3. The molecule has 0 atom stereocenters. The molecule has 7 heteroatoms. The zero-order chi connectivity index (χ0) is 20.3. The highest BCUT2D eigenvalue weighted by Gasteiger charge is 2.18. The molecule has 0 saturated heterocycles. The van der Waals surface area contributed by atoms with E-state index in [4.69, 9.17) is 4.74 Å². The highest BCUT2D eigenvalue weighted by molar-refractivity contribution is 7.15. The largest absolute Gasteiger partial charge is 0.491 e. The van der Waals surface area contributed by atoms with Gasteiger partial charge < -0.3 is 9.84 Å². The van der Waals surface area contributed by atoms with Crippen LogP contribution in [-0.4, -0.2) is 22.7 Å². The van der Waals surface area contributed by atoms with Crippen LogP contribution >= 0.6 is 11.3 Å². The molecule has 0 aliphatic heterocycles. The fourth-order valence-electron chi connectivity index (χ4n) is 2.66. The van der Waals surface area contributed by atoms with Crippen molar-refractivity contribution in [3.63, 3.8) is 0 Å². The van der Waals surface area contributed by atoms with Crippen molar-refractivity contribution in [1.82, 2.24) is 4.98 Å². The van der Waals surface area contributed by atoms with Crippen molar-refractivity contribution in [2.75, 3.05) is 6.61 Å². The molecule has 28 heavy (non-hydrogen) atoms. The minimum atomic E-state index is -1.02. The lowest BCUT2D eigenvalue weighted by Crippen LogP contribution is -1.99. The molecular formula is C21H19F2NO3S. The van der Waals surface area contributed by atoms with Gasteiger partial charge in [-0.2, -0.15) is 0 Å². The molecule has 1 heterocycles. The summed E-state index contributed by atoms with van der Waals surface area (Å²) in [5.41, 5.74) is 1.89. The summed E-state index contributed by atoms with van der Waals surface area (Å²) in [5, 5.41) is 9.67. The molecule has 3 aromatic rings. The minimum Gasteiger partial charge on any atom is -0.491 e. The number of benzene rings is 2. The van der Waals surface area contributed by atoms with Gasteiger partial charge in [0.25, 0.3) is 0 Å². The van der Waals surface area contributed by atoms with Crippen molar-refractivity contribution in [2.45, 2.75) is 26.7 Å². The fourth-order valence-corrected chi connectivity index (χ4v) is 3.73. The van der Waals surface area contributed by atoms with E-state index in [2.05, 4.69) is 4.98 Å². The van der Waals surface area contributed by atoms with E-state index in [0.717, 1.165) is 17.8 Å². The lowest BCUT2D eigenvalue weighted by Gasteiger charge is -2.06. The van der Waals surface area contributed by atoms with Gasteiger partial charge in [-0.05, 0) is 43.2 Å². The quantitative estimate of drug-likeness (QED) is 0.568. The van der Waals surface area contributed by atoms with Crippen molar-refractivity contribution in [1.29, 1.82) is 0 Å². The van der Waals surface area contributed by atoms with Gasteiger partial charge in [-0.25, -0.2) is 13.8 Å². The van der Waals surface area contributed by atoms with Gasteiger partial charge >= 0.3 is 5.97 Å². The summed E-state index contributed by atoms with van der Waals surface area (Å²) in [4.78, 5) is 16.2. The molecule has 2 aromatic carbocycles. The molecule has 146 valence electrons. The first-order valence-corrected chi connectivity index (χ1v) is 9.61. The van der Waals surface area contributed by atoms with E-state index in [1.54, 1.807) is 25.1 Å². The van der Waals surface area contributed by atoms with Gasteiger partial charge in [0.1, 0.15) is 10.8 Å². The normalized spacial score (nSPS) is 10.9. The van der Waals surface area contributed by atoms with Crippen LogP contribution in [-0.2, 0) is 11.2 Å². The van der Waals surface area contributed by atoms with Crippen LogP contribution in [0, 0.1) is 18.6 Å². The first kappa shape index (κ1) is 19.9. The predicted molar refractivity (Wildman–Crippen MR) is 105 cm³/mol. The summed E-state index contributed by atoms with van der Waals surface area (Å²) in [6, 6.07) is 9.18. The Morgan fingerprint density at radius 2 is 1.86 bits per heavy atom. The molecule has 0 saturated carbocycles. The van der Waals surface area contributed by atoms with Gasteiger partial charge in [0.05, 0.1) is 18.7 Å². The molecule has 0 bridgehead atoms. The van der Waals surface area contributed by atoms with Crippen LogP contribution in [0.5, 0.6) is 5.75 Å². The highest BCUT2D eigenvalue weighted by Crippen LogP contribution is 2.36. The molecule has 0 aliphatic rings. The van der Waals surface area contributed by atoms with E-state index >= 15 is 0 Å². The van der Waals surface area contributed by atoms with E-state index in [1.807, 2.05) is 6.92 Å². The summed E-state index contributed by atoms with van der Waals surface area (Å²) in [5.74, 6) is -1.76. The van der Waals surface area contributed by atoms with Crippen LogP contribution in [0.1, 0.15) is 23.8 Å². The third-order valence-corrected chi connectivity index (χ3v) is 5.20. The third-order valence-electron chi connectivity index (χ3n) is 4.09. The molecule has 1 aromatic heterocycles. The van der Waals surface area contributed by atoms with Crippen molar-refractivity contribution in [2.24, 2.45) is 0 Å². The Bertz CT molecular complexity index is 1020. The number of carbonyl (C=O) groups is 1. The molecule has 0 fully saturated rings. The van der Waals surface area contributed by atoms with E-state index < -0.39 is 17.6 Å². The van der Waals surface area contributed by atoms with Crippen LogP contribution in [0.25, 0.3) is 21.8 Å². The average molecular weight is 403 g/mol. The molecule has 0 spiro atoms. The fraction of sp³-hybridized carbons (Fsp3) is 0.238. The lowest BCUT2D eigenvalue weighted by molar-refractivity contribution is -0.136. The number of ether oxygens (including phenoxy) is 1. The Labute approximate surface area is 165 Å². The van der Waals surface area contributed by atoms with Crippen molar-refractivity contribution >= 4 is 17.3 Å². The molecule has 3 rings (SSSR count). The van der Waals surface area contributed by atoms with E-state index in [9.17, 15) is 18.7 Å². The van der Waals surface area contributed by atoms with Gasteiger partial charge in [-0.3, -0.25) is 4.79 Å². The third kappa shape index (κ3) is 4.36. The molecule has 0 unspecified atom stereocenters. The topological polar surface area (TPSA) is 59.4 Å². The Balaban J connectivity index is 2.03. The zero-order valence-electron chi connectivity index (χ0n) is 15.5. The average Bonchev–Trinajstić information content (AvgIpc) is 3.06. The number of rotatable bonds is 7. The van der Waals surface area contributed by atoms with Crippen LogP contribution in [0.2, 0.25) is 0 Å². The number of aliphatic carboxylic acids is 1. The molecule has 1 N–H and O–H groups in total. The molecule has 0 radical (unpaired) electrons. The van der Waals surface area contributed by atoms with Gasteiger partial charge in [-0.15, -0.1) is 11.3 Å². The van der Waals surface area contributed by atoms with Crippen LogP contribution in [0.4, 0.5) is 8.78 Å². The monoisotopic (exact) mass is 403 g/mol. The summed E-state index contributed by atoms with van der Waals surface area (Å²) < 4.78 is 33.6. The second-order valence-corrected chi connectivity index (χ2v) is 7.40. The highest BCUT2D eigenvalue weighted by atomic mass is 32.1. The minimum absolute atomic E-state index is 0.161. The number of carboxylic acids is 1. The molecular weight excluding hydrogens is 384 g/mol. The van der Waals surface area contributed by atoms with Gasteiger partial charge in [-0.1, -0.05) is 19.1 Å². The van der Waals surface area contributed by atoms with Crippen LogP contribution in [0.3, 0.4) is 0 Å². The number of nitrogens with zero attached hydrogens (tertiary/aromatic N) is 1.